The topological polar surface area (TPSA) is 94.4 Å². The van der Waals surface area contributed by atoms with Crippen LogP contribution in [-0.4, -0.2) is 21.6 Å². The molecule has 0 saturated carbocycles. The number of nitro benzene ring substituents is 1. The molecule has 1 amide bonds. The molecule has 0 fully saturated rings. The fraction of sp³-hybridized carbons (Fsp3) is 0.333. The van der Waals surface area contributed by atoms with Crippen LogP contribution in [0, 0.1) is 17.0 Å². The van der Waals surface area contributed by atoms with Gasteiger partial charge in [-0.15, -0.1) is 0 Å². The number of non-ortho nitro benzene ring substituents is 1. The van der Waals surface area contributed by atoms with Gasteiger partial charge < -0.3 is 4.74 Å². The van der Waals surface area contributed by atoms with E-state index < -0.39 is 16.6 Å². The van der Waals surface area contributed by atoms with Crippen molar-refractivity contribution in [2.75, 3.05) is 5.32 Å². The third-order valence-corrected chi connectivity index (χ3v) is 3.87. The van der Waals surface area contributed by atoms with E-state index in [4.69, 9.17) is 4.74 Å². The molecule has 8 heteroatoms. The normalized spacial score (nSPS) is 11.1. The van der Waals surface area contributed by atoms with Crippen LogP contribution in [0.15, 0.2) is 24.3 Å². The number of carbonyl (C=O) groups is 1. The van der Waals surface area contributed by atoms with Crippen molar-refractivity contribution in [1.82, 2.24) is 4.98 Å². The van der Waals surface area contributed by atoms with Gasteiger partial charge in [-0.05, 0) is 45.4 Å². The standard InChI is InChI=1S/C15H17N3O4S/c1-9-12(10-5-7-11(8-6-10)18(20)21)23-13(16-9)17-14(19)22-15(2,3)4/h5-8H,1-4H3,(H,16,17,19). The number of benzene rings is 1. The van der Waals surface area contributed by atoms with Crippen molar-refractivity contribution in [3.05, 3.63) is 40.1 Å². The molecule has 2 aromatic rings. The molecule has 0 bridgehead atoms. The SMILES string of the molecule is Cc1nc(NC(=O)OC(C)(C)C)sc1-c1ccc([N+](=O)[O-])cc1. The van der Waals surface area contributed by atoms with Crippen LogP contribution in [0.5, 0.6) is 0 Å². The number of hydrogen-bond donors (Lipinski definition) is 1. The minimum absolute atomic E-state index is 0.0306. The zero-order valence-corrected chi connectivity index (χ0v) is 14.1. The average molecular weight is 335 g/mol. The molecule has 23 heavy (non-hydrogen) atoms. The Hall–Kier alpha value is -2.48. The molecule has 0 aliphatic heterocycles. The fourth-order valence-electron chi connectivity index (χ4n) is 1.84. The van der Waals surface area contributed by atoms with Gasteiger partial charge in [-0.1, -0.05) is 11.3 Å². The van der Waals surface area contributed by atoms with Crippen LogP contribution < -0.4 is 5.32 Å². The Morgan fingerprint density at radius 3 is 2.43 bits per heavy atom. The quantitative estimate of drug-likeness (QED) is 0.663. The molecule has 0 spiro atoms. The molecular formula is C15H17N3O4S. The number of nitrogens with one attached hydrogen (secondary N) is 1. The van der Waals surface area contributed by atoms with E-state index in [9.17, 15) is 14.9 Å². The van der Waals surface area contributed by atoms with Gasteiger partial charge in [0.15, 0.2) is 5.13 Å². The van der Waals surface area contributed by atoms with E-state index in [0.717, 1.165) is 16.1 Å². The summed E-state index contributed by atoms with van der Waals surface area (Å²) in [5, 5.41) is 13.7. The Bertz CT molecular complexity index is 732. The number of ether oxygens (including phenoxy) is 1. The van der Waals surface area contributed by atoms with Crippen LogP contribution in [0.1, 0.15) is 26.5 Å². The summed E-state index contributed by atoms with van der Waals surface area (Å²) in [5.74, 6) is 0. The first-order valence-electron chi connectivity index (χ1n) is 6.88. The third kappa shape index (κ3) is 4.49. The van der Waals surface area contributed by atoms with Gasteiger partial charge in [0.25, 0.3) is 5.69 Å². The van der Waals surface area contributed by atoms with Crippen molar-refractivity contribution >= 4 is 28.2 Å². The van der Waals surface area contributed by atoms with Crippen LogP contribution in [0.4, 0.5) is 15.6 Å². The maximum Gasteiger partial charge on any atom is 0.413 e. The molecule has 0 aliphatic rings. The third-order valence-electron chi connectivity index (χ3n) is 2.74. The van der Waals surface area contributed by atoms with Gasteiger partial charge in [0.05, 0.1) is 15.5 Å². The second-order valence-electron chi connectivity index (χ2n) is 5.86. The van der Waals surface area contributed by atoms with Gasteiger partial charge in [0.2, 0.25) is 0 Å². The van der Waals surface area contributed by atoms with E-state index >= 15 is 0 Å². The Labute approximate surface area is 137 Å². The number of nitrogens with zero attached hydrogens (tertiary/aromatic N) is 2. The Morgan fingerprint density at radius 1 is 1.30 bits per heavy atom. The van der Waals surface area contributed by atoms with E-state index in [1.807, 2.05) is 6.92 Å². The van der Waals surface area contributed by atoms with Crippen LogP contribution in [0.25, 0.3) is 10.4 Å². The highest BCUT2D eigenvalue weighted by molar-refractivity contribution is 7.19. The van der Waals surface area contributed by atoms with E-state index in [0.29, 0.717) is 5.13 Å². The average Bonchev–Trinajstić information content (AvgIpc) is 2.77. The van der Waals surface area contributed by atoms with Gasteiger partial charge >= 0.3 is 6.09 Å². The van der Waals surface area contributed by atoms with E-state index in [2.05, 4.69) is 10.3 Å². The zero-order valence-electron chi connectivity index (χ0n) is 13.2. The number of anilines is 1. The summed E-state index contributed by atoms with van der Waals surface area (Å²) in [7, 11) is 0. The predicted octanol–water partition coefficient (Wildman–Crippen LogP) is 4.37. The summed E-state index contributed by atoms with van der Waals surface area (Å²) < 4.78 is 5.18. The van der Waals surface area contributed by atoms with Crippen LogP contribution in [-0.2, 0) is 4.74 Å². The second-order valence-corrected chi connectivity index (χ2v) is 6.86. The molecule has 1 aromatic heterocycles. The number of rotatable bonds is 3. The number of carbonyl (C=O) groups excluding carboxylic acids is 1. The van der Waals surface area contributed by atoms with Gasteiger partial charge in [-0.25, -0.2) is 9.78 Å². The second kappa shape index (κ2) is 6.33. The molecular weight excluding hydrogens is 318 g/mol. The maximum atomic E-state index is 11.8. The summed E-state index contributed by atoms with van der Waals surface area (Å²) in [6.07, 6.45) is -0.568. The molecule has 0 unspecified atom stereocenters. The molecule has 1 N–H and O–H groups in total. The monoisotopic (exact) mass is 335 g/mol. The molecule has 0 radical (unpaired) electrons. The van der Waals surface area contributed by atoms with Crippen molar-refractivity contribution in [3.63, 3.8) is 0 Å². The van der Waals surface area contributed by atoms with Crippen molar-refractivity contribution < 1.29 is 14.5 Å². The molecule has 0 atom stereocenters. The van der Waals surface area contributed by atoms with Crippen LogP contribution >= 0.6 is 11.3 Å². The van der Waals surface area contributed by atoms with Crippen molar-refractivity contribution in [2.24, 2.45) is 0 Å². The summed E-state index contributed by atoms with van der Waals surface area (Å²) >= 11 is 1.29. The highest BCUT2D eigenvalue weighted by Crippen LogP contribution is 2.33. The highest BCUT2D eigenvalue weighted by Gasteiger charge is 2.18. The van der Waals surface area contributed by atoms with Crippen molar-refractivity contribution in [2.45, 2.75) is 33.3 Å². The first-order valence-corrected chi connectivity index (χ1v) is 7.69. The number of aromatic nitrogens is 1. The summed E-state index contributed by atoms with van der Waals surface area (Å²) in [5.41, 5.74) is 0.984. The molecule has 122 valence electrons. The Kier molecular flexibility index (Phi) is 4.65. The van der Waals surface area contributed by atoms with Gasteiger partial charge in [0.1, 0.15) is 5.60 Å². The maximum absolute atomic E-state index is 11.8. The summed E-state index contributed by atoms with van der Waals surface area (Å²) in [6, 6.07) is 6.21. The first-order chi connectivity index (χ1) is 10.7. The lowest BCUT2D eigenvalue weighted by Crippen LogP contribution is -2.27. The fourth-order valence-corrected chi connectivity index (χ4v) is 2.80. The minimum Gasteiger partial charge on any atom is -0.444 e. The van der Waals surface area contributed by atoms with E-state index in [1.165, 1.54) is 23.5 Å². The molecule has 2 rings (SSSR count). The zero-order chi connectivity index (χ0) is 17.2. The summed E-state index contributed by atoms with van der Waals surface area (Å²) in [6.45, 7) is 7.15. The molecule has 0 saturated heterocycles. The van der Waals surface area contributed by atoms with Crippen molar-refractivity contribution in [1.29, 1.82) is 0 Å². The smallest absolute Gasteiger partial charge is 0.413 e. The van der Waals surface area contributed by atoms with Gasteiger partial charge in [-0.3, -0.25) is 15.4 Å². The van der Waals surface area contributed by atoms with Crippen LogP contribution in [0.3, 0.4) is 0 Å². The number of thiazole rings is 1. The molecule has 1 aromatic carbocycles. The minimum atomic E-state index is -0.586. The lowest BCUT2D eigenvalue weighted by Gasteiger charge is -2.18. The number of amides is 1. The number of hydrogen-bond acceptors (Lipinski definition) is 6. The van der Waals surface area contributed by atoms with Gasteiger partial charge in [0, 0.05) is 12.1 Å². The predicted molar refractivity (Wildman–Crippen MR) is 88.8 cm³/mol. The van der Waals surface area contributed by atoms with Gasteiger partial charge in [-0.2, -0.15) is 0 Å². The lowest BCUT2D eigenvalue weighted by molar-refractivity contribution is -0.384. The number of aryl methyl sites for hydroxylation is 1. The van der Waals surface area contributed by atoms with E-state index in [-0.39, 0.29) is 5.69 Å². The lowest BCUT2D eigenvalue weighted by atomic mass is 10.1. The Morgan fingerprint density at radius 2 is 1.91 bits per heavy atom. The first kappa shape index (κ1) is 16.9. The number of nitro groups is 1. The Balaban J connectivity index is 2.18. The van der Waals surface area contributed by atoms with E-state index in [1.54, 1.807) is 32.9 Å². The highest BCUT2D eigenvalue weighted by atomic mass is 32.1. The molecule has 1 heterocycles. The molecule has 7 nitrogen and oxygen atoms in total. The van der Waals surface area contributed by atoms with Crippen LogP contribution in [0.2, 0.25) is 0 Å². The largest absolute Gasteiger partial charge is 0.444 e. The summed E-state index contributed by atoms with van der Waals surface area (Å²) in [4.78, 5) is 27.1. The van der Waals surface area contributed by atoms with Crippen molar-refractivity contribution in [3.8, 4) is 10.4 Å². The molecule has 0 aliphatic carbocycles.